The third-order valence-corrected chi connectivity index (χ3v) is 3.00. The average molecular weight is 185 g/mol. The number of nitrogens with zero attached hydrogens (tertiary/aromatic N) is 2. The van der Waals surface area contributed by atoms with Crippen LogP contribution in [0.1, 0.15) is 32.6 Å². The first-order valence-electron chi connectivity index (χ1n) is 4.85. The number of guanidine groups is 1. The summed E-state index contributed by atoms with van der Waals surface area (Å²) < 4.78 is 0. The summed E-state index contributed by atoms with van der Waals surface area (Å²) in [4.78, 5) is 1.87. The Morgan fingerprint density at radius 2 is 1.92 bits per heavy atom. The van der Waals surface area contributed by atoms with Crippen LogP contribution in [0.15, 0.2) is 5.16 Å². The molecule has 0 atom stereocenters. The van der Waals surface area contributed by atoms with Crippen molar-refractivity contribution in [3.05, 3.63) is 0 Å². The molecule has 0 aliphatic heterocycles. The van der Waals surface area contributed by atoms with Gasteiger partial charge in [-0.1, -0.05) is 12.1 Å². The fourth-order valence-electron chi connectivity index (χ4n) is 1.89. The third-order valence-electron chi connectivity index (χ3n) is 3.00. The summed E-state index contributed by atoms with van der Waals surface area (Å²) in [6.45, 7) is 2.28. The quantitative estimate of drug-likeness (QED) is 0.279. The first-order chi connectivity index (χ1) is 6.15. The van der Waals surface area contributed by atoms with E-state index in [0.717, 1.165) is 18.8 Å². The van der Waals surface area contributed by atoms with E-state index < -0.39 is 0 Å². The van der Waals surface area contributed by atoms with Gasteiger partial charge in [0.1, 0.15) is 0 Å². The fraction of sp³-hybridized carbons (Fsp3) is 0.889. The summed E-state index contributed by atoms with van der Waals surface area (Å²) in [7, 11) is 1.88. The van der Waals surface area contributed by atoms with Gasteiger partial charge in [-0.2, -0.15) is 0 Å². The van der Waals surface area contributed by atoms with Gasteiger partial charge in [-0.05, 0) is 31.6 Å². The first-order valence-corrected chi connectivity index (χ1v) is 4.85. The van der Waals surface area contributed by atoms with Crippen molar-refractivity contribution in [2.24, 2.45) is 16.8 Å². The van der Waals surface area contributed by atoms with Gasteiger partial charge >= 0.3 is 0 Å². The average Bonchev–Trinajstić information content (AvgIpc) is 2.17. The van der Waals surface area contributed by atoms with Crippen LogP contribution >= 0.6 is 0 Å². The molecule has 0 bridgehead atoms. The second kappa shape index (κ2) is 4.35. The van der Waals surface area contributed by atoms with Crippen LogP contribution in [-0.2, 0) is 0 Å². The molecule has 4 heteroatoms. The molecule has 0 aromatic heterocycles. The molecule has 1 aliphatic carbocycles. The Kier molecular flexibility index (Phi) is 3.39. The van der Waals surface area contributed by atoms with Crippen LogP contribution in [0.3, 0.4) is 0 Å². The van der Waals surface area contributed by atoms with E-state index in [1.165, 1.54) is 12.8 Å². The number of oxime groups is 1. The Balaban J connectivity index is 2.44. The van der Waals surface area contributed by atoms with Gasteiger partial charge in [-0.15, -0.1) is 0 Å². The van der Waals surface area contributed by atoms with Crippen LogP contribution in [0.25, 0.3) is 0 Å². The summed E-state index contributed by atoms with van der Waals surface area (Å²) in [5, 5.41) is 11.5. The molecule has 1 rings (SSSR count). The van der Waals surface area contributed by atoms with Crippen molar-refractivity contribution in [2.45, 2.75) is 38.6 Å². The molecule has 1 fully saturated rings. The predicted molar refractivity (Wildman–Crippen MR) is 52.6 cm³/mol. The van der Waals surface area contributed by atoms with E-state index >= 15 is 0 Å². The molecule has 0 aromatic carbocycles. The van der Waals surface area contributed by atoms with Gasteiger partial charge in [0.25, 0.3) is 0 Å². The highest BCUT2D eigenvalue weighted by atomic mass is 16.4. The lowest BCUT2D eigenvalue weighted by molar-refractivity contribution is 0.226. The molecule has 4 nitrogen and oxygen atoms in total. The standard InChI is InChI=1S/C9H19N3O/c1-7-3-5-8(6-4-7)12(2)9(10)11-13/h7-8,13H,3-6H2,1-2H3,(H2,10,11). The van der Waals surface area contributed by atoms with Gasteiger partial charge in [0.15, 0.2) is 0 Å². The molecule has 0 amide bonds. The molecule has 0 heterocycles. The molecule has 0 spiro atoms. The smallest absolute Gasteiger partial charge is 0.233 e. The lowest BCUT2D eigenvalue weighted by atomic mass is 9.87. The van der Waals surface area contributed by atoms with Gasteiger partial charge in [-0.25, -0.2) is 0 Å². The summed E-state index contributed by atoms with van der Waals surface area (Å²) >= 11 is 0. The van der Waals surface area contributed by atoms with E-state index in [-0.39, 0.29) is 5.96 Å². The molecule has 0 unspecified atom stereocenters. The molecular weight excluding hydrogens is 166 g/mol. The summed E-state index contributed by atoms with van der Waals surface area (Å²) in [5.41, 5.74) is 5.51. The maximum absolute atomic E-state index is 8.51. The zero-order chi connectivity index (χ0) is 9.84. The summed E-state index contributed by atoms with van der Waals surface area (Å²) in [5.74, 6) is 1.05. The molecule has 13 heavy (non-hydrogen) atoms. The summed E-state index contributed by atoms with van der Waals surface area (Å²) in [6.07, 6.45) is 4.78. The van der Waals surface area contributed by atoms with Crippen molar-refractivity contribution < 1.29 is 5.21 Å². The minimum atomic E-state index is 0.222. The number of hydrogen-bond acceptors (Lipinski definition) is 2. The summed E-state index contributed by atoms with van der Waals surface area (Å²) in [6, 6.07) is 0.451. The Morgan fingerprint density at radius 1 is 1.38 bits per heavy atom. The van der Waals surface area contributed by atoms with Gasteiger partial charge in [0.05, 0.1) is 0 Å². The first kappa shape index (κ1) is 10.2. The minimum absolute atomic E-state index is 0.222. The highest BCUT2D eigenvalue weighted by Crippen LogP contribution is 2.26. The van der Waals surface area contributed by atoms with Crippen molar-refractivity contribution in [3.8, 4) is 0 Å². The second-order valence-electron chi connectivity index (χ2n) is 3.98. The van der Waals surface area contributed by atoms with Crippen LogP contribution in [0, 0.1) is 5.92 Å². The van der Waals surface area contributed by atoms with E-state index in [2.05, 4.69) is 12.1 Å². The predicted octanol–water partition coefficient (Wildman–Crippen LogP) is 1.20. The topological polar surface area (TPSA) is 61.8 Å². The van der Waals surface area contributed by atoms with Crippen LogP contribution in [-0.4, -0.2) is 29.2 Å². The Bertz CT molecular complexity index is 185. The maximum Gasteiger partial charge on any atom is 0.233 e. The lowest BCUT2D eigenvalue weighted by Gasteiger charge is -2.33. The fourth-order valence-corrected chi connectivity index (χ4v) is 1.89. The van der Waals surface area contributed by atoms with E-state index in [0.29, 0.717) is 6.04 Å². The van der Waals surface area contributed by atoms with Crippen molar-refractivity contribution >= 4 is 5.96 Å². The number of rotatable bonds is 1. The zero-order valence-corrected chi connectivity index (χ0v) is 8.40. The lowest BCUT2D eigenvalue weighted by Crippen LogP contribution is -2.43. The molecule has 3 N–H and O–H groups in total. The zero-order valence-electron chi connectivity index (χ0n) is 8.40. The normalized spacial score (nSPS) is 30.2. The van der Waals surface area contributed by atoms with Crippen LogP contribution in [0.2, 0.25) is 0 Å². The van der Waals surface area contributed by atoms with Crippen LogP contribution < -0.4 is 5.73 Å². The van der Waals surface area contributed by atoms with E-state index in [1.807, 2.05) is 11.9 Å². The Labute approximate surface area is 79.4 Å². The Hall–Kier alpha value is -0.930. The van der Waals surface area contributed by atoms with Crippen molar-refractivity contribution in [1.82, 2.24) is 4.90 Å². The molecule has 1 aliphatic rings. The molecule has 0 saturated heterocycles. The third kappa shape index (κ3) is 2.50. The Morgan fingerprint density at radius 3 is 2.38 bits per heavy atom. The molecular formula is C9H19N3O. The van der Waals surface area contributed by atoms with Crippen molar-refractivity contribution in [2.75, 3.05) is 7.05 Å². The van der Waals surface area contributed by atoms with Crippen LogP contribution in [0.5, 0.6) is 0 Å². The highest BCUT2D eigenvalue weighted by molar-refractivity contribution is 5.77. The molecule has 1 saturated carbocycles. The van der Waals surface area contributed by atoms with Gasteiger partial charge in [0, 0.05) is 13.1 Å². The second-order valence-corrected chi connectivity index (χ2v) is 3.98. The maximum atomic E-state index is 8.51. The molecule has 0 aromatic rings. The van der Waals surface area contributed by atoms with Crippen molar-refractivity contribution in [1.29, 1.82) is 0 Å². The van der Waals surface area contributed by atoms with Crippen molar-refractivity contribution in [3.63, 3.8) is 0 Å². The van der Waals surface area contributed by atoms with Gasteiger partial charge in [-0.3, -0.25) is 0 Å². The molecule has 76 valence electrons. The van der Waals surface area contributed by atoms with Gasteiger partial charge < -0.3 is 15.8 Å². The monoisotopic (exact) mass is 185 g/mol. The van der Waals surface area contributed by atoms with Crippen LogP contribution in [0.4, 0.5) is 0 Å². The SMILES string of the molecule is CC1CCC(N(C)/C(N)=N/O)CC1. The van der Waals surface area contributed by atoms with E-state index in [4.69, 9.17) is 10.9 Å². The molecule has 0 radical (unpaired) electrons. The van der Waals surface area contributed by atoms with Gasteiger partial charge in [0.2, 0.25) is 5.96 Å². The highest BCUT2D eigenvalue weighted by Gasteiger charge is 2.22. The van der Waals surface area contributed by atoms with E-state index in [1.54, 1.807) is 0 Å². The largest absolute Gasteiger partial charge is 0.408 e. The number of hydrogen-bond donors (Lipinski definition) is 2. The number of nitrogens with two attached hydrogens (primary N) is 1. The van der Waals surface area contributed by atoms with E-state index in [9.17, 15) is 0 Å². The minimum Gasteiger partial charge on any atom is -0.408 e.